The van der Waals surface area contributed by atoms with Gasteiger partial charge in [-0.25, -0.2) is 4.98 Å². The first-order valence-electron chi connectivity index (χ1n) is 7.63. The molecule has 1 saturated heterocycles. The molecule has 0 radical (unpaired) electrons. The van der Waals surface area contributed by atoms with Crippen molar-refractivity contribution in [3.63, 3.8) is 0 Å². The quantitative estimate of drug-likeness (QED) is 0.852. The van der Waals surface area contributed by atoms with Gasteiger partial charge in [-0.05, 0) is 31.9 Å². The van der Waals surface area contributed by atoms with Crippen molar-refractivity contribution in [3.05, 3.63) is 23.9 Å². The predicted octanol–water partition coefficient (Wildman–Crippen LogP) is 1.43. The Balaban J connectivity index is 2.24. The van der Waals surface area contributed by atoms with Gasteiger partial charge in [0.15, 0.2) is 0 Å². The first-order chi connectivity index (χ1) is 11.0. The number of pyridine rings is 1. The zero-order valence-electron chi connectivity index (χ0n) is 13.4. The summed E-state index contributed by atoms with van der Waals surface area (Å²) in [6.45, 7) is 2.93. The van der Waals surface area contributed by atoms with Crippen molar-refractivity contribution in [3.8, 4) is 5.88 Å². The van der Waals surface area contributed by atoms with Gasteiger partial charge in [0, 0.05) is 26.4 Å². The minimum absolute atomic E-state index is 0.0808. The van der Waals surface area contributed by atoms with Crippen LogP contribution >= 0.6 is 0 Å². The van der Waals surface area contributed by atoms with Crippen LogP contribution in [-0.4, -0.2) is 60.3 Å². The molecule has 2 heterocycles. The molecule has 1 fully saturated rings. The highest BCUT2D eigenvalue weighted by Crippen LogP contribution is 2.32. The van der Waals surface area contributed by atoms with Gasteiger partial charge in [-0.3, -0.25) is 9.59 Å². The number of carbonyl (C=O) groups excluding carboxylic acids is 1. The molecule has 1 N–H and O–H groups in total. The third kappa shape index (κ3) is 3.61. The van der Waals surface area contributed by atoms with Gasteiger partial charge in [-0.15, -0.1) is 0 Å². The fourth-order valence-electron chi connectivity index (χ4n) is 2.91. The maximum absolute atomic E-state index is 12.8. The molecule has 1 unspecified atom stereocenters. The molecule has 1 aliphatic rings. The molecule has 7 heteroatoms. The second kappa shape index (κ2) is 7.41. The molecular weight excluding hydrogens is 300 g/mol. The minimum Gasteiger partial charge on any atom is -0.481 e. The van der Waals surface area contributed by atoms with Gasteiger partial charge in [-0.1, -0.05) is 0 Å². The molecule has 1 aliphatic heterocycles. The average Bonchev–Trinajstić information content (AvgIpc) is 2.55. The third-order valence-electron chi connectivity index (χ3n) is 4.02. The van der Waals surface area contributed by atoms with Crippen molar-refractivity contribution >= 4 is 11.9 Å². The molecule has 1 aromatic rings. The molecule has 1 aromatic heterocycles. The number of rotatable bonds is 6. The number of aliphatic carboxylic acids is 1. The number of methoxy groups -OCH3 is 1. The Hall–Kier alpha value is -2.15. The van der Waals surface area contributed by atoms with Gasteiger partial charge >= 0.3 is 5.97 Å². The number of hydrogen-bond acceptors (Lipinski definition) is 5. The van der Waals surface area contributed by atoms with E-state index in [1.165, 1.54) is 7.11 Å². The van der Waals surface area contributed by atoms with Crippen molar-refractivity contribution in [2.75, 3.05) is 33.4 Å². The van der Waals surface area contributed by atoms with Crippen LogP contribution in [-0.2, 0) is 9.53 Å². The normalized spacial score (nSPS) is 21.0. The van der Waals surface area contributed by atoms with Gasteiger partial charge in [-0.2, -0.15) is 0 Å². The summed E-state index contributed by atoms with van der Waals surface area (Å²) in [6.07, 6.45) is 2.67. The fourth-order valence-corrected chi connectivity index (χ4v) is 2.91. The molecule has 1 atom stereocenters. The first kappa shape index (κ1) is 17.2. The number of carboxylic acid groups (broad SMARTS) is 1. The summed E-state index contributed by atoms with van der Waals surface area (Å²) in [5.74, 6) is -0.922. The number of carboxylic acids is 1. The Labute approximate surface area is 135 Å². The molecule has 126 valence electrons. The highest BCUT2D eigenvalue weighted by Gasteiger charge is 2.44. The van der Waals surface area contributed by atoms with E-state index in [2.05, 4.69) is 4.98 Å². The number of amides is 1. The van der Waals surface area contributed by atoms with E-state index in [-0.39, 0.29) is 24.9 Å². The lowest BCUT2D eigenvalue weighted by molar-refractivity contribution is -0.155. The molecule has 0 saturated carbocycles. The summed E-state index contributed by atoms with van der Waals surface area (Å²) in [6, 6.07) is 3.31. The topological polar surface area (TPSA) is 89.0 Å². The highest BCUT2D eigenvalue weighted by molar-refractivity contribution is 5.96. The monoisotopic (exact) mass is 322 g/mol. The van der Waals surface area contributed by atoms with Crippen molar-refractivity contribution in [2.45, 2.75) is 19.8 Å². The molecular formula is C16H22N2O5. The van der Waals surface area contributed by atoms with E-state index in [4.69, 9.17) is 9.47 Å². The summed E-state index contributed by atoms with van der Waals surface area (Å²) >= 11 is 0. The number of hydrogen-bond donors (Lipinski definition) is 1. The van der Waals surface area contributed by atoms with Crippen molar-refractivity contribution < 1.29 is 24.2 Å². The van der Waals surface area contributed by atoms with E-state index < -0.39 is 11.4 Å². The lowest BCUT2D eigenvalue weighted by Crippen LogP contribution is -2.52. The van der Waals surface area contributed by atoms with E-state index in [1.54, 1.807) is 23.2 Å². The Bertz CT molecular complexity index is 573. The average molecular weight is 322 g/mol. The predicted molar refractivity (Wildman–Crippen MR) is 82.5 cm³/mol. The van der Waals surface area contributed by atoms with Gasteiger partial charge < -0.3 is 19.5 Å². The first-order valence-corrected chi connectivity index (χ1v) is 7.63. The molecule has 0 bridgehead atoms. The summed E-state index contributed by atoms with van der Waals surface area (Å²) in [4.78, 5) is 30.1. The lowest BCUT2D eigenvalue weighted by Gasteiger charge is -2.39. The van der Waals surface area contributed by atoms with Crippen LogP contribution in [0.2, 0.25) is 0 Å². The fraction of sp³-hybridized carbons (Fsp3) is 0.562. The number of nitrogens with zero attached hydrogens (tertiary/aromatic N) is 2. The summed E-state index contributed by atoms with van der Waals surface area (Å²) in [5.41, 5.74) is -0.704. The van der Waals surface area contributed by atoms with Gasteiger partial charge in [0.25, 0.3) is 5.91 Å². The van der Waals surface area contributed by atoms with Crippen LogP contribution < -0.4 is 4.74 Å². The van der Waals surface area contributed by atoms with E-state index in [9.17, 15) is 14.7 Å². The zero-order chi connectivity index (χ0) is 16.9. The Morgan fingerprint density at radius 1 is 1.48 bits per heavy atom. The zero-order valence-corrected chi connectivity index (χ0v) is 13.4. The molecule has 0 aromatic carbocycles. The van der Waals surface area contributed by atoms with Gasteiger partial charge in [0.1, 0.15) is 11.0 Å². The van der Waals surface area contributed by atoms with Gasteiger partial charge in [0.2, 0.25) is 5.88 Å². The van der Waals surface area contributed by atoms with Crippen molar-refractivity contribution in [1.82, 2.24) is 9.88 Å². The summed E-state index contributed by atoms with van der Waals surface area (Å²) < 4.78 is 10.5. The summed E-state index contributed by atoms with van der Waals surface area (Å²) in [5, 5.41) is 9.57. The van der Waals surface area contributed by atoms with Crippen LogP contribution in [0.1, 0.15) is 30.1 Å². The Kier molecular flexibility index (Phi) is 5.54. The van der Waals surface area contributed by atoms with E-state index in [1.807, 2.05) is 6.92 Å². The second-order valence-corrected chi connectivity index (χ2v) is 5.64. The molecule has 2 rings (SSSR count). The summed E-state index contributed by atoms with van der Waals surface area (Å²) in [7, 11) is 1.47. The smallest absolute Gasteiger partial charge is 0.313 e. The van der Waals surface area contributed by atoms with Crippen LogP contribution in [0.15, 0.2) is 18.3 Å². The molecule has 1 amide bonds. The SMILES string of the molecule is CCOc1ncccc1C(=O)N1CCCC(COC)(C(=O)O)C1. The number of likely N-dealkylation sites (tertiary alicyclic amines) is 1. The van der Waals surface area contributed by atoms with Crippen LogP contribution in [0.5, 0.6) is 5.88 Å². The van der Waals surface area contributed by atoms with Gasteiger partial charge in [0.05, 0.1) is 13.2 Å². The minimum atomic E-state index is -1.06. The molecule has 0 spiro atoms. The van der Waals surface area contributed by atoms with E-state index >= 15 is 0 Å². The van der Waals surface area contributed by atoms with Crippen LogP contribution in [0.3, 0.4) is 0 Å². The second-order valence-electron chi connectivity index (χ2n) is 5.64. The number of carbonyl (C=O) groups is 2. The van der Waals surface area contributed by atoms with Crippen LogP contribution in [0.25, 0.3) is 0 Å². The number of aromatic nitrogens is 1. The van der Waals surface area contributed by atoms with E-state index in [0.717, 1.165) is 0 Å². The third-order valence-corrected chi connectivity index (χ3v) is 4.02. The Morgan fingerprint density at radius 3 is 2.91 bits per heavy atom. The standard InChI is InChI=1S/C16H22N2O5/c1-3-23-13-12(6-4-8-17-13)14(19)18-9-5-7-16(10-18,11-22-2)15(20)21/h4,6,8H,3,5,7,9-11H2,1-2H3,(H,20,21). The van der Waals surface area contributed by atoms with E-state index in [0.29, 0.717) is 31.6 Å². The van der Waals surface area contributed by atoms with Crippen molar-refractivity contribution in [2.24, 2.45) is 5.41 Å². The molecule has 23 heavy (non-hydrogen) atoms. The van der Waals surface area contributed by atoms with Crippen LogP contribution in [0, 0.1) is 5.41 Å². The highest BCUT2D eigenvalue weighted by atomic mass is 16.5. The maximum Gasteiger partial charge on any atom is 0.313 e. The lowest BCUT2D eigenvalue weighted by atomic mass is 9.80. The number of ether oxygens (including phenoxy) is 2. The largest absolute Gasteiger partial charge is 0.481 e. The maximum atomic E-state index is 12.8. The molecule has 0 aliphatic carbocycles. The Morgan fingerprint density at radius 2 is 2.26 bits per heavy atom. The number of piperidine rings is 1. The van der Waals surface area contributed by atoms with Crippen LogP contribution in [0.4, 0.5) is 0 Å². The molecule has 7 nitrogen and oxygen atoms in total. The van der Waals surface area contributed by atoms with Crippen molar-refractivity contribution in [1.29, 1.82) is 0 Å².